The Kier molecular flexibility index (Phi) is 6.80. The molecule has 0 atom stereocenters. The predicted octanol–water partition coefficient (Wildman–Crippen LogP) is 2.00. The molecule has 1 aliphatic heterocycles. The standard InChI is InChI=1S/C23H23N5O6S2/c1-27(2)35(31,32)19-6-3-17(4-7-19)15-28-23(30)26-20-8-5-18(13-21(20)36(28,33)34)22(29)25-14-16-9-11-24-12-10-16/h3-13H,14-15H2,1-2H3,(H,25,29)(H,26,30). The van der Waals surface area contributed by atoms with E-state index in [1.54, 1.807) is 24.5 Å². The number of rotatable bonds is 7. The normalized spacial score (nSPS) is 14.8. The molecule has 0 saturated carbocycles. The molecule has 4 rings (SSSR count). The molecule has 36 heavy (non-hydrogen) atoms. The molecule has 0 unspecified atom stereocenters. The maximum absolute atomic E-state index is 13.3. The first-order valence-corrected chi connectivity index (χ1v) is 13.5. The van der Waals surface area contributed by atoms with Crippen LogP contribution in [0.25, 0.3) is 0 Å². The van der Waals surface area contributed by atoms with E-state index in [4.69, 9.17) is 0 Å². The minimum Gasteiger partial charge on any atom is -0.348 e. The molecule has 2 heterocycles. The van der Waals surface area contributed by atoms with Crippen LogP contribution in [0.4, 0.5) is 10.5 Å². The highest BCUT2D eigenvalue weighted by Gasteiger charge is 2.37. The van der Waals surface area contributed by atoms with Gasteiger partial charge in [-0.2, -0.15) is 0 Å². The zero-order valence-corrected chi connectivity index (χ0v) is 21.0. The van der Waals surface area contributed by atoms with E-state index in [2.05, 4.69) is 15.6 Å². The third kappa shape index (κ3) is 4.94. The van der Waals surface area contributed by atoms with E-state index in [0.29, 0.717) is 9.87 Å². The summed E-state index contributed by atoms with van der Waals surface area (Å²) < 4.78 is 52.8. The summed E-state index contributed by atoms with van der Waals surface area (Å²) in [6.07, 6.45) is 3.19. The highest BCUT2D eigenvalue weighted by atomic mass is 32.2. The number of hydrogen-bond acceptors (Lipinski definition) is 7. The fraction of sp³-hybridized carbons (Fsp3) is 0.174. The quantitative estimate of drug-likeness (QED) is 0.476. The minimum absolute atomic E-state index is 0.0370. The van der Waals surface area contributed by atoms with E-state index in [0.717, 1.165) is 9.87 Å². The zero-order valence-electron chi connectivity index (χ0n) is 19.4. The van der Waals surface area contributed by atoms with Crippen LogP contribution in [-0.2, 0) is 33.1 Å². The lowest BCUT2D eigenvalue weighted by molar-refractivity contribution is 0.0950. The number of aromatic nitrogens is 1. The first-order valence-electron chi connectivity index (χ1n) is 10.7. The Morgan fingerprint density at radius 2 is 1.69 bits per heavy atom. The van der Waals surface area contributed by atoms with Gasteiger partial charge in [-0.15, -0.1) is 0 Å². The first-order chi connectivity index (χ1) is 17.0. The van der Waals surface area contributed by atoms with Crippen LogP contribution in [0.15, 0.2) is 76.8 Å². The Hall–Kier alpha value is -3.81. The van der Waals surface area contributed by atoms with Gasteiger partial charge in [0.15, 0.2) is 0 Å². The van der Waals surface area contributed by atoms with E-state index in [1.807, 2.05) is 0 Å². The molecule has 1 aromatic heterocycles. The van der Waals surface area contributed by atoms with Gasteiger partial charge >= 0.3 is 6.03 Å². The van der Waals surface area contributed by atoms with Crippen molar-refractivity contribution in [1.82, 2.24) is 18.9 Å². The van der Waals surface area contributed by atoms with Crippen LogP contribution >= 0.6 is 0 Å². The second-order valence-corrected chi connectivity index (χ2v) is 12.1. The number of anilines is 1. The number of pyridine rings is 1. The van der Waals surface area contributed by atoms with Crippen molar-refractivity contribution in [1.29, 1.82) is 0 Å². The minimum atomic E-state index is -4.30. The van der Waals surface area contributed by atoms with Gasteiger partial charge in [-0.05, 0) is 53.6 Å². The topological polar surface area (TPSA) is 146 Å². The van der Waals surface area contributed by atoms with Crippen molar-refractivity contribution in [3.63, 3.8) is 0 Å². The van der Waals surface area contributed by atoms with Gasteiger partial charge in [0.25, 0.3) is 15.9 Å². The lowest BCUT2D eigenvalue weighted by atomic mass is 10.2. The highest BCUT2D eigenvalue weighted by Crippen LogP contribution is 2.32. The van der Waals surface area contributed by atoms with Gasteiger partial charge in [0.05, 0.1) is 17.1 Å². The zero-order chi connectivity index (χ0) is 26.1. The Morgan fingerprint density at radius 1 is 1.03 bits per heavy atom. The molecular weight excluding hydrogens is 506 g/mol. The van der Waals surface area contributed by atoms with E-state index in [-0.39, 0.29) is 34.1 Å². The first kappa shape index (κ1) is 25.3. The van der Waals surface area contributed by atoms with Gasteiger partial charge in [-0.1, -0.05) is 12.1 Å². The van der Waals surface area contributed by atoms with Crippen molar-refractivity contribution in [3.05, 3.63) is 83.7 Å². The van der Waals surface area contributed by atoms with Crippen molar-refractivity contribution in [3.8, 4) is 0 Å². The Morgan fingerprint density at radius 3 is 2.33 bits per heavy atom. The number of nitrogens with one attached hydrogen (secondary N) is 2. The Labute approximate surface area is 208 Å². The molecule has 3 amide bonds. The van der Waals surface area contributed by atoms with Crippen molar-refractivity contribution >= 4 is 37.7 Å². The monoisotopic (exact) mass is 529 g/mol. The summed E-state index contributed by atoms with van der Waals surface area (Å²) in [7, 11) is -5.15. The van der Waals surface area contributed by atoms with Gasteiger partial charge in [0, 0.05) is 38.6 Å². The number of hydrogen-bond donors (Lipinski definition) is 2. The van der Waals surface area contributed by atoms with E-state index in [1.165, 1.54) is 56.6 Å². The predicted molar refractivity (Wildman–Crippen MR) is 131 cm³/mol. The Bertz CT molecular complexity index is 1520. The van der Waals surface area contributed by atoms with Crippen LogP contribution in [0, 0.1) is 0 Å². The average Bonchev–Trinajstić information content (AvgIpc) is 2.86. The fourth-order valence-corrected chi connectivity index (χ4v) is 5.87. The third-order valence-corrected chi connectivity index (χ3v) is 9.11. The number of nitrogens with zero attached hydrogens (tertiary/aromatic N) is 3. The van der Waals surface area contributed by atoms with Gasteiger partial charge in [-0.3, -0.25) is 9.78 Å². The van der Waals surface area contributed by atoms with Crippen molar-refractivity contribution < 1.29 is 26.4 Å². The van der Waals surface area contributed by atoms with Crippen LogP contribution in [0.1, 0.15) is 21.5 Å². The van der Waals surface area contributed by atoms with E-state index < -0.39 is 32.0 Å². The Balaban J connectivity index is 1.56. The number of carbonyl (C=O) groups is 2. The summed E-state index contributed by atoms with van der Waals surface area (Å²) in [6, 6.07) is 12.2. The summed E-state index contributed by atoms with van der Waals surface area (Å²) in [6.45, 7) is -0.0953. The molecule has 0 fully saturated rings. The van der Waals surface area contributed by atoms with Crippen molar-refractivity contribution in [2.45, 2.75) is 22.9 Å². The molecule has 11 nitrogen and oxygen atoms in total. The third-order valence-electron chi connectivity index (χ3n) is 5.51. The van der Waals surface area contributed by atoms with Gasteiger partial charge < -0.3 is 10.6 Å². The molecule has 0 saturated heterocycles. The summed E-state index contributed by atoms with van der Waals surface area (Å²) >= 11 is 0. The van der Waals surface area contributed by atoms with Crippen LogP contribution in [0.2, 0.25) is 0 Å². The SMILES string of the molecule is CN(C)S(=O)(=O)c1ccc(CN2C(=O)Nc3ccc(C(=O)NCc4ccncc4)cc3S2(=O)=O)cc1. The molecule has 0 radical (unpaired) electrons. The van der Waals surface area contributed by atoms with Gasteiger partial charge in [0.1, 0.15) is 4.90 Å². The number of fused-ring (bicyclic) bond motifs is 1. The van der Waals surface area contributed by atoms with E-state index >= 15 is 0 Å². The molecule has 1 aliphatic rings. The number of urea groups is 1. The summed E-state index contributed by atoms with van der Waals surface area (Å²) in [5.41, 5.74) is 1.41. The number of carbonyl (C=O) groups excluding carboxylic acids is 2. The number of sulfonamides is 2. The van der Waals surface area contributed by atoms with Crippen LogP contribution < -0.4 is 10.6 Å². The molecule has 2 aromatic carbocycles. The summed E-state index contributed by atoms with van der Waals surface area (Å²) in [5, 5.41) is 5.25. The van der Waals surface area contributed by atoms with E-state index in [9.17, 15) is 26.4 Å². The van der Waals surface area contributed by atoms with Crippen LogP contribution in [0.5, 0.6) is 0 Å². The van der Waals surface area contributed by atoms with Gasteiger partial charge in [0.2, 0.25) is 10.0 Å². The molecule has 0 bridgehead atoms. The maximum atomic E-state index is 13.3. The largest absolute Gasteiger partial charge is 0.348 e. The molecule has 3 aromatic rings. The lowest BCUT2D eigenvalue weighted by Crippen LogP contribution is -2.43. The smallest absolute Gasteiger partial charge is 0.336 e. The maximum Gasteiger partial charge on any atom is 0.336 e. The van der Waals surface area contributed by atoms with Crippen molar-refractivity contribution in [2.75, 3.05) is 19.4 Å². The fourth-order valence-electron chi connectivity index (χ4n) is 3.47. The average molecular weight is 530 g/mol. The second-order valence-electron chi connectivity index (χ2n) is 8.12. The molecule has 2 N–H and O–H groups in total. The molecule has 0 aliphatic carbocycles. The number of amides is 3. The van der Waals surface area contributed by atoms with Crippen molar-refractivity contribution in [2.24, 2.45) is 0 Å². The van der Waals surface area contributed by atoms with Crippen LogP contribution in [0.3, 0.4) is 0 Å². The summed E-state index contributed by atoms with van der Waals surface area (Å²) in [5.74, 6) is -0.481. The second kappa shape index (κ2) is 9.68. The van der Waals surface area contributed by atoms with Gasteiger partial charge in [-0.25, -0.2) is 30.2 Å². The molecule has 0 spiro atoms. The molecule has 188 valence electrons. The molecule has 13 heteroatoms. The lowest BCUT2D eigenvalue weighted by Gasteiger charge is -2.29. The summed E-state index contributed by atoms with van der Waals surface area (Å²) in [4.78, 5) is 29.0. The molecular formula is C23H23N5O6S2. The van der Waals surface area contributed by atoms with Crippen LogP contribution in [-0.4, -0.2) is 56.5 Å². The highest BCUT2D eigenvalue weighted by molar-refractivity contribution is 7.90. The number of benzene rings is 2.